The molecule has 1 heterocycles. The van der Waals surface area contributed by atoms with E-state index in [2.05, 4.69) is 26.8 Å². The van der Waals surface area contributed by atoms with E-state index in [0.29, 0.717) is 13.1 Å². The van der Waals surface area contributed by atoms with Gasteiger partial charge in [-0.3, -0.25) is 0 Å². The number of carbonyl (C=O) groups excluding carboxylic acids is 1. The van der Waals surface area contributed by atoms with Gasteiger partial charge in [0.15, 0.2) is 0 Å². The highest BCUT2D eigenvalue weighted by atomic mass is 16.6. The smallest absolute Gasteiger partial charge is 0.410 e. The Hall–Kier alpha value is -1.03. The fourth-order valence-corrected chi connectivity index (χ4v) is 1.74. The van der Waals surface area contributed by atoms with E-state index in [9.17, 15) is 4.79 Å². The molecule has 0 aromatic heterocycles. The van der Waals surface area contributed by atoms with Crippen molar-refractivity contribution in [2.24, 2.45) is 5.41 Å². The van der Waals surface area contributed by atoms with Crippen LogP contribution >= 0.6 is 0 Å². The van der Waals surface area contributed by atoms with Crippen molar-refractivity contribution in [1.29, 1.82) is 0 Å². The molecule has 1 aliphatic rings. The largest absolute Gasteiger partial charge is 0.447 e. The third-order valence-corrected chi connectivity index (χ3v) is 2.75. The number of nitrogens with zero attached hydrogens (tertiary/aromatic N) is 1. The van der Waals surface area contributed by atoms with Crippen LogP contribution in [0.2, 0.25) is 0 Å². The number of aliphatic hydroxyl groups excluding tert-OH is 1. The molecular weight excluding hydrogens is 206 g/mol. The van der Waals surface area contributed by atoms with Crippen molar-refractivity contribution in [3.63, 3.8) is 0 Å². The lowest BCUT2D eigenvalue weighted by Gasteiger charge is -2.31. The van der Waals surface area contributed by atoms with Crippen molar-refractivity contribution >= 4 is 6.09 Å². The minimum Gasteiger partial charge on any atom is -0.447 e. The molecule has 0 aromatic carbocycles. The Bertz CT molecular complexity index is 278. The van der Waals surface area contributed by atoms with Crippen LogP contribution in [-0.2, 0) is 4.74 Å². The maximum absolute atomic E-state index is 11.5. The number of hydrogen-bond acceptors (Lipinski definition) is 3. The maximum atomic E-state index is 11.5. The molecule has 0 saturated heterocycles. The van der Waals surface area contributed by atoms with Crippen molar-refractivity contribution in [2.75, 3.05) is 26.3 Å². The van der Waals surface area contributed by atoms with Gasteiger partial charge in [-0.05, 0) is 11.8 Å². The second kappa shape index (κ2) is 5.34. The van der Waals surface area contributed by atoms with E-state index in [1.165, 1.54) is 5.57 Å². The predicted molar refractivity (Wildman–Crippen MR) is 62.2 cm³/mol. The number of amides is 1. The van der Waals surface area contributed by atoms with Gasteiger partial charge in [0.2, 0.25) is 0 Å². The van der Waals surface area contributed by atoms with Gasteiger partial charge in [-0.25, -0.2) is 4.79 Å². The topological polar surface area (TPSA) is 49.8 Å². The fraction of sp³-hybridized carbons (Fsp3) is 0.750. The summed E-state index contributed by atoms with van der Waals surface area (Å²) in [6, 6.07) is 0. The highest BCUT2D eigenvalue weighted by Crippen LogP contribution is 2.30. The van der Waals surface area contributed by atoms with Crippen LogP contribution in [0.3, 0.4) is 0 Å². The van der Waals surface area contributed by atoms with E-state index < -0.39 is 0 Å². The molecule has 1 rings (SSSR count). The summed E-state index contributed by atoms with van der Waals surface area (Å²) in [6.45, 7) is 7.80. The van der Waals surface area contributed by atoms with Crippen molar-refractivity contribution in [2.45, 2.75) is 27.2 Å². The summed E-state index contributed by atoms with van der Waals surface area (Å²) in [5.74, 6) is 0. The van der Waals surface area contributed by atoms with Gasteiger partial charge >= 0.3 is 6.09 Å². The Morgan fingerprint density at radius 3 is 2.69 bits per heavy atom. The van der Waals surface area contributed by atoms with Crippen LogP contribution in [-0.4, -0.2) is 42.4 Å². The third kappa shape index (κ3) is 3.52. The normalized spacial score (nSPS) is 17.0. The van der Waals surface area contributed by atoms with Gasteiger partial charge in [0.05, 0.1) is 6.61 Å². The summed E-state index contributed by atoms with van der Waals surface area (Å²) in [6.07, 6.45) is 2.67. The quantitative estimate of drug-likeness (QED) is 0.732. The van der Waals surface area contributed by atoms with E-state index >= 15 is 0 Å². The van der Waals surface area contributed by atoms with E-state index in [1.807, 2.05) is 0 Å². The first-order chi connectivity index (χ1) is 7.45. The monoisotopic (exact) mass is 227 g/mol. The van der Waals surface area contributed by atoms with Crippen LogP contribution in [0.5, 0.6) is 0 Å². The number of aliphatic hydroxyl groups is 1. The van der Waals surface area contributed by atoms with Gasteiger partial charge in [0.1, 0.15) is 6.61 Å². The van der Waals surface area contributed by atoms with E-state index in [-0.39, 0.29) is 24.7 Å². The number of carbonyl (C=O) groups is 1. The molecule has 0 bridgehead atoms. The van der Waals surface area contributed by atoms with Crippen molar-refractivity contribution in [1.82, 2.24) is 4.90 Å². The summed E-state index contributed by atoms with van der Waals surface area (Å²) in [5.41, 5.74) is 1.57. The van der Waals surface area contributed by atoms with E-state index in [1.54, 1.807) is 4.90 Å². The van der Waals surface area contributed by atoms with Gasteiger partial charge in [-0.1, -0.05) is 32.4 Å². The van der Waals surface area contributed by atoms with Gasteiger partial charge in [-0.2, -0.15) is 0 Å². The van der Waals surface area contributed by atoms with Gasteiger partial charge < -0.3 is 14.7 Å². The number of ether oxygens (including phenoxy) is 1. The Morgan fingerprint density at radius 2 is 2.25 bits per heavy atom. The van der Waals surface area contributed by atoms with Crippen LogP contribution in [0.4, 0.5) is 4.79 Å². The molecule has 0 atom stereocenters. The number of hydrogen-bond donors (Lipinski definition) is 1. The summed E-state index contributed by atoms with van der Waals surface area (Å²) >= 11 is 0. The Labute approximate surface area is 96.9 Å². The van der Waals surface area contributed by atoms with Crippen molar-refractivity contribution < 1.29 is 14.6 Å². The van der Waals surface area contributed by atoms with Crippen LogP contribution in [0.15, 0.2) is 11.6 Å². The van der Waals surface area contributed by atoms with Crippen molar-refractivity contribution in [3.8, 4) is 0 Å². The molecule has 1 aliphatic heterocycles. The first-order valence-corrected chi connectivity index (χ1v) is 5.67. The molecule has 1 amide bonds. The SMILES string of the molecule is CC(C)(C)C1=CCN(C(=O)OCCO)CC1. The average molecular weight is 227 g/mol. The highest BCUT2D eigenvalue weighted by Gasteiger charge is 2.23. The molecule has 4 nitrogen and oxygen atoms in total. The van der Waals surface area contributed by atoms with Crippen LogP contribution in [0.1, 0.15) is 27.2 Å². The Kier molecular flexibility index (Phi) is 4.35. The first kappa shape index (κ1) is 13.0. The zero-order valence-corrected chi connectivity index (χ0v) is 10.3. The van der Waals surface area contributed by atoms with Gasteiger partial charge in [-0.15, -0.1) is 0 Å². The molecular formula is C12H21NO3. The van der Waals surface area contributed by atoms with Crippen molar-refractivity contribution in [3.05, 3.63) is 11.6 Å². The lowest BCUT2D eigenvalue weighted by molar-refractivity contribution is 0.0857. The molecule has 0 aromatic rings. The molecule has 1 N–H and O–H groups in total. The van der Waals surface area contributed by atoms with Crippen LogP contribution < -0.4 is 0 Å². The maximum Gasteiger partial charge on any atom is 0.410 e. The molecule has 0 fully saturated rings. The van der Waals surface area contributed by atoms with Crippen LogP contribution in [0.25, 0.3) is 0 Å². The zero-order chi connectivity index (χ0) is 12.2. The highest BCUT2D eigenvalue weighted by molar-refractivity contribution is 5.68. The fourth-order valence-electron chi connectivity index (χ4n) is 1.74. The summed E-state index contributed by atoms with van der Waals surface area (Å²) in [5, 5.41) is 8.55. The molecule has 0 saturated carbocycles. The van der Waals surface area contributed by atoms with E-state index in [0.717, 1.165) is 6.42 Å². The second-order valence-electron chi connectivity index (χ2n) is 5.01. The Morgan fingerprint density at radius 1 is 1.56 bits per heavy atom. The third-order valence-electron chi connectivity index (χ3n) is 2.75. The molecule has 0 aliphatic carbocycles. The molecule has 16 heavy (non-hydrogen) atoms. The molecule has 0 unspecified atom stereocenters. The van der Waals surface area contributed by atoms with E-state index in [4.69, 9.17) is 9.84 Å². The van der Waals surface area contributed by atoms with Gasteiger partial charge in [0.25, 0.3) is 0 Å². The van der Waals surface area contributed by atoms with Gasteiger partial charge in [0, 0.05) is 13.1 Å². The lowest BCUT2D eigenvalue weighted by atomic mass is 9.83. The minimum atomic E-state index is -0.335. The molecule has 92 valence electrons. The molecule has 0 spiro atoms. The first-order valence-electron chi connectivity index (χ1n) is 5.67. The van der Waals surface area contributed by atoms with Crippen LogP contribution in [0, 0.1) is 5.41 Å². The predicted octanol–water partition coefficient (Wildman–Crippen LogP) is 1.79. The minimum absolute atomic E-state index is 0.0746. The molecule has 0 radical (unpaired) electrons. The second-order valence-corrected chi connectivity index (χ2v) is 5.01. The summed E-state index contributed by atoms with van der Waals surface area (Å²) in [4.78, 5) is 13.1. The molecule has 4 heteroatoms. The summed E-state index contributed by atoms with van der Waals surface area (Å²) < 4.78 is 4.86. The zero-order valence-electron chi connectivity index (χ0n) is 10.3. The standard InChI is InChI=1S/C12H21NO3/c1-12(2,3)10-4-6-13(7-5-10)11(15)16-9-8-14/h4,14H,5-9H2,1-3H3. The average Bonchev–Trinajstić information content (AvgIpc) is 2.25. The lowest BCUT2D eigenvalue weighted by Crippen LogP contribution is -2.37. The summed E-state index contributed by atoms with van der Waals surface area (Å²) in [7, 11) is 0. The Balaban J connectivity index is 2.48. The number of rotatable bonds is 2.